The van der Waals surface area contributed by atoms with Crippen LogP contribution in [-0.4, -0.2) is 45.4 Å². The molecule has 0 amide bonds. The van der Waals surface area contributed by atoms with Gasteiger partial charge in [-0.1, -0.05) is 6.07 Å². The third-order valence-electron chi connectivity index (χ3n) is 6.48. The van der Waals surface area contributed by atoms with Gasteiger partial charge in [-0.2, -0.15) is 0 Å². The molecule has 3 aliphatic heterocycles. The minimum Gasteiger partial charge on any atom is -0.397 e. The van der Waals surface area contributed by atoms with Gasteiger partial charge in [0.25, 0.3) is 0 Å². The predicted octanol–water partition coefficient (Wildman–Crippen LogP) is 2.60. The topological polar surface area (TPSA) is 62.5 Å². The SMILES string of the molecule is Cc1cc(N2CC3(CCNCC3)C2)ccc1/C(N)=C/NCC1CCCCO1. The molecule has 1 aromatic carbocycles. The zero-order valence-corrected chi connectivity index (χ0v) is 16.6. The molecule has 0 aliphatic carbocycles. The number of aryl methyl sites for hydroxylation is 1. The van der Waals surface area contributed by atoms with E-state index in [-0.39, 0.29) is 0 Å². The molecule has 1 unspecified atom stereocenters. The summed E-state index contributed by atoms with van der Waals surface area (Å²) in [6.07, 6.45) is 8.48. The molecular formula is C22H34N4O. The molecule has 1 atom stereocenters. The molecule has 0 aromatic heterocycles. The van der Waals surface area contributed by atoms with E-state index in [1.54, 1.807) is 0 Å². The number of nitrogens with zero attached hydrogens (tertiary/aromatic N) is 1. The number of benzene rings is 1. The Morgan fingerprint density at radius 2 is 2.15 bits per heavy atom. The molecule has 0 saturated carbocycles. The normalized spacial score (nSPS) is 25.3. The second kappa shape index (κ2) is 8.11. The Morgan fingerprint density at radius 1 is 1.33 bits per heavy atom. The second-order valence-electron chi connectivity index (χ2n) is 8.60. The van der Waals surface area contributed by atoms with Gasteiger partial charge in [0, 0.05) is 49.1 Å². The number of nitrogens with one attached hydrogen (secondary N) is 2. The van der Waals surface area contributed by atoms with Crippen LogP contribution in [0.5, 0.6) is 0 Å². The van der Waals surface area contributed by atoms with Crippen molar-refractivity contribution in [3.63, 3.8) is 0 Å². The fourth-order valence-corrected chi connectivity index (χ4v) is 4.73. The highest BCUT2D eigenvalue weighted by Gasteiger charge is 2.43. The Morgan fingerprint density at radius 3 is 2.85 bits per heavy atom. The Bertz CT molecular complexity index is 667. The van der Waals surface area contributed by atoms with Gasteiger partial charge in [0.1, 0.15) is 0 Å². The van der Waals surface area contributed by atoms with E-state index in [0.29, 0.717) is 11.5 Å². The molecule has 0 bridgehead atoms. The van der Waals surface area contributed by atoms with Gasteiger partial charge >= 0.3 is 0 Å². The van der Waals surface area contributed by atoms with Crippen molar-refractivity contribution < 1.29 is 4.74 Å². The van der Waals surface area contributed by atoms with E-state index in [2.05, 4.69) is 40.7 Å². The van der Waals surface area contributed by atoms with E-state index in [4.69, 9.17) is 10.5 Å². The van der Waals surface area contributed by atoms with Crippen LogP contribution >= 0.6 is 0 Å². The van der Waals surface area contributed by atoms with Crippen LogP contribution in [0.3, 0.4) is 0 Å². The monoisotopic (exact) mass is 370 g/mol. The lowest BCUT2D eigenvalue weighted by molar-refractivity contribution is 0.0188. The minimum atomic E-state index is 0.319. The van der Waals surface area contributed by atoms with Crippen LogP contribution in [0.15, 0.2) is 24.4 Å². The van der Waals surface area contributed by atoms with Crippen molar-refractivity contribution in [2.45, 2.75) is 45.1 Å². The molecule has 4 rings (SSSR count). The van der Waals surface area contributed by atoms with Crippen molar-refractivity contribution in [1.82, 2.24) is 10.6 Å². The summed E-state index contributed by atoms with van der Waals surface area (Å²) in [6.45, 7) is 8.62. The highest BCUT2D eigenvalue weighted by molar-refractivity contribution is 5.68. The van der Waals surface area contributed by atoms with E-state index in [9.17, 15) is 0 Å². The summed E-state index contributed by atoms with van der Waals surface area (Å²) in [7, 11) is 0. The van der Waals surface area contributed by atoms with E-state index in [1.807, 2.05) is 6.20 Å². The molecule has 1 spiro atoms. The van der Waals surface area contributed by atoms with Crippen molar-refractivity contribution in [1.29, 1.82) is 0 Å². The summed E-state index contributed by atoms with van der Waals surface area (Å²) < 4.78 is 5.76. The van der Waals surface area contributed by atoms with E-state index in [0.717, 1.165) is 30.8 Å². The molecular weight excluding hydrogens is 336 g/mol. The lowest BCUT2D eigenvalue weighted by Crippen LogP contribution is -2.60. The van der Waals surface area contributed by atoms with Crippen LogP contribution in [0.2, 0.25) is 0 Å². The maximum Gasteiger partial charge on any atom is 0.0747 e. The molecule has 3 fully saturated rings. The number of hydrogen-bond donors (Lipinski definition) is 3. The van der Waals surface area contributed by atoms with Gasteiger partial charge in [-0.15, -0.1) is 0 Å². The Labute approximate surface area is 163 Å². The molecule has 0 radical (unpaired) electrons. The summed E-state index contributed by atoms with van der Waals surface area (Å²) in [5.74, 6) is 0. The summed E-state index contributed by atoms with van der Waals surface area (Å²) >= 11 is 0. The molecule has 27 heavy (non-hydrogen) atoms. The quantitative estimate of drug-likeness (QED) is 0.744. The number of ether oxygens (including phenoxy) is 1. The minimum absolute atomic E-state index is 0.319. The summed E-state index contributed by atoms with van der Waals surface area (Å²) in [4.78, 5) is 2.51. The molecule has 3 aliphatic rings. The molecule has 5 nitrogen and oxygen atoms in total. The highest BCUT2D eigenvalue weighted by Crippen LogP contribution is 2.41. The van der Waals surface area contributed by atoms with Crippen molar-refractivity contribution in [3.05, 3.63) is 35.5 Å². The maximum absolute atomic E-state index is 6.33. The van der Waals surface area contributed by atoms with Crippen LogP contribution in [0, 0.1) is 12.3 Å². The third-order valence-corrected chi connectivity index (χ3v) is 6.48. The van der Waals surface area contributed by atoms with Gasteiger partial charge in [0.2, 0.25) is 0 Å². The fraction of sp³-hybridized carbons (Fsp3) is 0.636. The van der Waals surface area contributed by atoms with Gasteiger partial charge < -0.3 is 26.0 Å². The first-order chi connectivity index (χ1) is 13.2. The Kier molecular flexibility index (Phi) is 5.60. The Balaban J connectivity index is 1.33. The van der Waals surface area contributed by atoms with Crippen LogP contribution < -0.4 is 21.3 Å². The van der Waals surface area contributed by atoms with E-state index in [1.165, 1.54) is 63.1 Å². The average molecular weight is 371 g/mol. The zero-order chi connectivity index (χ0) is 18.7. The lowest BCUT2D eigenvalue weighted by Gasteiger charge is -2.53. The summed E-state index contributed by atoms with van der Waals surface area (Å²) in [5.41, 5.74) is 11.4. The van der Waals surface area contributed by atoms with E-state index < -0.39 is 0 Å². The number of rotatable bonds is 5. The summed E-state index contributed by atoms with van der Waals surface area (Å²) in [6, 6.07) is 6.68. The fourth-order valence-electron chi connectivity index (χ4n) is 4.73. The van der Waals surface area contributed by atoms with Crippen LogP contribution in [0.1, 0.15) is 43.2 Å². The lowest BCUT2D eigenvalue weighted by atomic mass is 9.72. The first-order valence-corrected chi connectivity index (χ1v) is 10.5. The molecule has 148 valence electrons. The van der Waals surface area contributed by atoms with Gasteiger partial charge in [-0.25, -0.2) is 0 Å². The van der Waals surface area contributed by atoms with Gasteiger partial charge in [-0.05, 0) is 69.8 Å². The second-order valence-corrected chi connectivity index (χ2v) is 8.60. The van der Waals surface area contributed by atoms with Crippen LogP contribution in [-0.2, 0) is 4.74 Å². The number of anilines is 1. The number of nitrogens with two attached hydrogens (primary N) is 1. The van der Waals surface area contributed by atoms with Gasteiger partial charge in [0.15, 0.2) is 0 Å². The number of hydrogen-bond acceptors (Lipinski definition) is 5. The van der Waals surface area contributed by atoms with Crippen molar-refractivity contribution in [3.8, 4) is 0 Å². The molecule has 3 heterocycles. The Hall–Kier alpha value is -1.72. The van der Waals surface area contributed by atoms with Gasteiger partial charge in [0.05, 0.1) is 11.8 Å². The van der Waals surface area contributed by atoms with Crippen molar-refractivity contribution >= 4 is 11.4 Å². The third kappa shape index (κ3) is 4.25. The smallest absolute Gasteiger partial charge is 0.0747 e. The van der Waals surface area contributed by atoms with Crippen molar-refractivity contribution in [2.24, 2.45) is 11.1 Å². The molecule has 1 aromatic rings. The number of piperidine rings is 1. The van der Waals surface area contributed by atoms with Gasteiger partial charge in [-0.3, -0.25) is 0 Å². The maximum atomic E-state index is 6.33. The van der Waals surface area contributed by atoms with E-state index >= 15 is 0 Å². The molecule has 5 heteroatoms. The summed E-state index contributed by atoms with van der Waals surface area (Å²) in [5, 5.41) is 6.83. The largest absolute Gasteiger partial charge is 0.397 e. The zero-order valence-electron chi connectivity index (χ0n) is 16.6. The average Bonchev–Trinajstić information content (AvgIpc) is 2.67. The standard InChI is InChI=1S/C22H34N4O/c1-17-12-18(26-15-22(16-26)7-9-24-10-8-22)5-6-20(17)21(23)14-25-13-19-4-2-3-11-27-19/h5-6,12,14,19,24-25H,2-4,7-11,13,15-16,23H2,1H3/b21-14-. The van der Waals surface area contributed by atoms with Crippen LogP contribution in [0.25, 0.3) is 5.70 Å². The molecule has 3 saturated heterocycles. The highest BCUT2D eigenvalue weighted by atomic mass is 16.5. The molecule has 4 N–H and O–H groups in total. The first kappa shape index (κ1) is 18.6. The van der Waals surface area contributed by atoms with Crippen molar-refractivity contribution in [2.75, 3.05) is 44.2 Å². The predicted molar refractivity (Wildman–Crippen MR) is 112 cm³/mol. The van der Waals surface area contributed by atoms with Crippen LogP contribution in [0.4, 0.5) is 5.69 Å². The first-order valence-electron chi connectivity index (χ1n) is 10.5.